The van der Waals surface area contributed by atoms with Crippen LogP contribution < -0.4 is 0 Å². The molecule has 10 aromatic rings. The van der Waals surface area contributed by atoms with Gasteiger partial charge in [0.15, 0.2) is 17.5 Å². The summed E-state index contributed by atoms with van der Waals surface area (Å²) in [5.41, 5.74) is 6.60. The third-order valence-electron chi connectivity index (χ3n) is 9.50. The summed E-state index contributed by atoms with van der Waals surface area (Å²) in [6.45, 7) is 0. The SMILES string of the molecule is c1ccc2cc(-c3nc(-c4cccc5ccccc45)nc(-c4cccc5oc6c(-c7ccc8ccccc8c7)cccc6c45)n3)ccc2c1. The molecule has 4 nitrogen and oxygen atoms in total. The van der Waals surface area contributed by atoms with E-state index in [1.54, 1.807) is 0 Å². The molecule has 228 valence electrons. The Kier molecular flexibility index (Phi) is 6.15. The molecule has 0 aliphatic carbocycles. The van der Waals surface area contributed by atoms with Crippen molar-refractivity contribution < 1.29 is 4.42 Å². The second kappa shape index (κ2) is 11.0. The predicted molar refractivity (Wildman–Crippen MR) is 201 cm³/mol. The van der Waals surface area contributed by atoms with E-state index in [1.807, 2.05) is 12.1 Å². The molecule has 0 fully saturated rings. The van der Waals surface area contributed by atoms with Crippen molar-refractivity contribution in [3.63, 3.8) is 0 Å². The zero-order chi connectivity index (χ0) is 32.3. The normalized spacial score (nSPS) is 11.7. The lowest BCUT2D eigenvalue weighted by molar-refractivity contribution is 0.670. The largest absolute Gasteiger partial charge is 0.455 e. The van der Waals surface area contributed by atoms with Crippen LogP contribution in [0, 0.1) is 0 Å². The summed E-state index contributed by atoms with van der Waals surface area (Å²) in [6, 6.07) is 56.9. The summed E-state index contributed by atoms with van der Waals surface area (Å²) in [5, 5.41) is 8.96. The highest BCUT2D eigenvalue weighted by molar-refractivity contribution is 6.15. The van der Waals surface area contributed by atoms with E-state index in [0.29, 0.717) is 17.5 Å². The predicted octanol–water partition coefficient (Wildman–Crippen LogP) is 11.9. The van der Waals surface area contributed by atoms with Gasteiger partial charge in [-0.15, -0.1) is 0 Å². The maximum Gasteiger partial charge on any atom is 0.164 e. The van der Waals surface area contributed by atoms with Crippen LogP contribution in [-0.4, -0.2) is 15.0 Å². The molecule has 10 rings (SSSR count). The number of furan rings is 1. The van der Waals surface area contributed by atoms with Gasteiger partial charge in [0.25, 0.3) is 0 Å². The van der Waals surface area contributed by atoms with Crippen LogP contribution in [0.4, 0.5) is 0 Å². The first kappa shape index (κ1) is 27.5. The van der Waals surface area contributed by atoms with Crippen molar-refractivity contribution in [2.45, 2.75) is 0 Å². The third kappa shape index (κ3) is 4.57. The third-order valence-corrected chi connectivity index (χ3v) is 9.50. The van der Waals surface area contributed by atoms with Crippen molar-refractivity contribution in [1.29, 1.82) is 0 Å². The van der Waals surface area contributed by atoms with Crippen LogP contribution >= 0.6 is 0 Å². The molecular formula is C45H27N3O. The van der Waals surface area contributed by atoms with Crippen LogP contribution in [0.15, 0.2) is 168 Å². The molecule has 0 bridgehead atoms. The molecule has 0 unspecified atom stereocenters. The number of hydrogen-bond acceptors (Lipinski definition) is 4. The van der Waals surface area contributed by atoms with Gasteiger partial charge in [-0.05, 0) is 56.1 Å². The molecule has 0 amide bonds. The number of rotatable bonds is 4. The van der Waals surface area contributed by atoms with E-state index in [-0.39, 0.29) is 0 Å². The molecule has 0 saturated carbocycles. The van der Waals surface area contributed by atoms with Gasteiger partial charge < -0.3 is 4.42 Å². The second-order valence-corrected chi connectivity index (χ2v) is 12.4. The fraction of sp³-hybridized carbons (Fsp3) is 0. The van der Waals surface area contributed by atoms with Gasteiger partial charge in [-0.25, -0.2) is 15.0 Å². The zero-order valence-corrected chi connectivity index (χ0v) is 26.3. The smallest absolute Gasteiger partial charge is 0.164 e. The molecule has 0 aliphatic heterocycles. The van der Waals surface area contributed by atoms with Crippen LogP contribution in [0.25, 0.3) is 99.5 Å². The first-order valence-electron chi connectivity index (χ1n) is 16.4. The van der Waals surface area contributed by atoms with Gasteiger partial charge in [-0.3, -0.25) is 0 Å². The molecule has 4 heteroatoms. The maximum atomic E-state index is 6.68. The Morgan fingerprint density at radius 2 is 0.878 bits per heavy atom. The number of fused-ring (bicyclic) bond motifs is 6. The average Bonchev–Trinajstić information content (AvgIpc) is 3.56. The Morgan fingerprint density at radius 3 is 1.67 bits per heavy atom. The van der Waals surface area contributed by atoms with Crippen molar-refractivity contribution in [1.82, 2.24) is 15.0 Å². The molecule has 0 aliphatic rings. The first-order chi connectivity index (χ1) is 24.3. The number of aromatic nitrogens is 3. The van der Waals surface area contributed by atoms with Gasteiger partial charge in [0.2, 0.25) is 0 Å². The second-order valence-electron chi connectivity index (χ2n) is 12.4. The van der Waals surface area contributed by atoms with Crippen LogP contribution in [-0.2, 0) is 0 Å². The van der Waals surface area contributed by atoms with Gasteiger partial charge in [-0.2, -0.15) is 0 Å². The summed E-state index contributed by atoms with van der Waals surface area (Å²) in [5.74, 6) is 1.86. The maximum absolute atomic E-state index is 6.68. The van der Waals surface area contributed by atoms with Crippen LogP contribution in [0.5, 0.6) is 0 Å². The molecule has 49 heavy (non-hydrogen) atoms. The minimum atomic E-state index is 0.602. The number of benzene rings is 8. The van der Waals surface area contributed by atoms with Crippen LogP contribution in [0.1, 0.15) is 0 Å². The molecule has 0 saturated heterocycles. The molecule has 0 spiro atoms. The van der Waals surface area contributed by atoms with Gasteiger partial charge in [0.1, 0.15) is 11.2 Å². The summed E-state index contributed by atoms with van der Waals surface area (Å²) < 4.78 is 6.68. The van der Waals surface area contributed by atoms with Gasteiger partial charge >= 0.3 is 0 Å². The highest BCUT2D eigenvalue weighted by atomic mass is 16.3. The van der Waals surface area contributed by atoms with Crippen LogP contribution in [0.3, 0.4) is 0 Å². The van der Waals surface area contributed by atoms with Crippen molar-refractivity contribution in [3.8, 4) is 45.3 Å². The Bertz CT molecular complexity index is 2900. The number of para-hydroxylation sites is 1. The van der Waals surface area contributed by atoms with E-state index in [1.165, 1.54) is 16.2 Å². The fourth-order valence-electron chi connectivity index (χ4n) is 7.11. The fourth-order valence-corrected chi connectivity index (χ4v) is 7.11. The standard InChI is InChI=1S/C45H27N3O/c1-3-13-31-26-33(24-22-28(31)10-1)36-17-8-19-38-41-39(20-9-21-40(41)49-42(36)38)45-47-43(34-25-23-29-11-2-4-14-32(29)27-34)46-44(48-45)37-18-7-15-30-12-5-6-16-35(30)37/h1-27H. The Morgan fingerprint density at radius 1 is 0.347 bits per heavy atom. The molecular weight excluding hydrogens is 599 g/mol. The van der Waals surface area contributed by atoms with Crippen molar-refractivity contribution in [3.05, 3.63) is 164 Å². The van der Waals surface area contributed by atoms with Gasteiger partial charge in [0, 0.05) is 33.0 Å². The van der Waals surface area contributed by atoms with Gasteiger partial charge in [-0.1, -0.05) is 146 Å². The van der Waals surface area contributed by atoms with E-state index in [0.717, 1.165) is 65.9 Å². The van der Waals surface area contributed by atoms with Gasteiger partial charge in [0.05, 0.1) is 0 Å². The minimum Gasteiger partial charge on any atom is -0.455 e. The molecule has 2 heterocycles. The number of hydrogen-bond donors (Lipinski definition) is 0. The first-order valence-corrected chi connectivity index (χ1v) is 16.4. The van der Waals surface area contributed by atoms with Crippen molar-refractivity contribution in [2.75, 3.05) is 0 Å². The van der Waals surface area contributed by atoms with E-state index >= 15 is 0 Å². The molecule has 0 N–H and O–H groups in total. The van der Waals surface area contributed by atoms with Crippen molar-refractivity contribution >= 4 is 54.3 Å². The summed E-state index contributed by atoms with van der Waals surface area (Å²) in [7, 11) is 0. The Labute approximate surface area is 282 Å². The molecule has 2 aromatic heterocycles. The average molecular weight is 626 g/mol. The van der Waals surface area contributed by atoms with E-state index in [4.69, 9.17) is 19.4 Å². The lowest BCUT2D eigenvalue weighted by atomic mass is 9.98. The summed E-state index contributed by atoms with van der Waals surface area (Å²) in [4.78, 5) is 15.5. The highest BCUT2D eigenvalue weighted by Gasteiger charge is 2.20. The van der Waals surface area contributed by atoms with E-state index < -0.39 is 0 Å². The summed E-state index contributed by atoms with van der Waals surface area (Å²) >= 11 is 0. The van der Waals surface area contributed by atoms with E-state index in [9.17, 15) is 0 Å². The van der Waals surface area contributed by atoms with E-state index in [2.05, 4.69) is 152 Å². The quantitative estimate of drug-likeness (QED) is 0.195. The highest BCUT2D eigenvalue weighted by Crippen LogP contribution is 2.41. The summed E-state index contributed by atoms with van der Waals surface area (Å²) in [6.07, 6.45) is 0. The monoisotopic (exact) mass is 625 g/mol. The number of nitrogens with zero attached hydrogens (tertiary/aromatic N) is 3. The molecule has 0 atom stereocenters. The Balaban J connectivity index is 1.22. The van der Waals surface area contributed by atoms with Crippen molar-refractivity contribution in [2.24, 2.45) is 0 Å². The minimum absolute atomic E-state index is 0.602. The zero-order valence-electron chi connectivity index (χ0n) is 26.3. The molecule has 0 radical (unpaired) electrons. The Hall–Kier alpha value is -6.65. The molecule has 8 aromatic carbocycles. The van der Waals surface area contributed by atoms with Crippen LogP contribution in [0.2, 0.25) is 0 Å². The topological polar surface area (TPSA) is 51.8 Å². The lowest BCUT2D eigenvalue weighted by Crippen LogP contribution is -2.01. The lowest BCUT2D eigenvalue weighted by Gasteiger charge is -2.11.